The number of benzene rings is 1. The van der Waals surface area contributed by atoms with Gasteiger partial charge in [-0.05, 0) is 6.07 Å². The molecule has 0 saturated heterocycles. The highest BCUT2D eigenvalue weighted by Gasteiger charge is 2.13. The minimum absolute atomic E-state index is 0.0855. The van der Waals surface area contributed by atoms with Crippen LogP contribution in [0.15, 0.2) is 55.0 Å². The normalized spacial score (nSPS) is 10.6. The lowest BCUT2D eigenvalue weighted by Gasteiger charge is -2.03. The van der Waals surface area contributed by atoms with Crippen LogP contribution in [0, 0.1) is 0 Å². The number of carbonyl (C=O) groups excluding carboxylic acids is 1. The largest absolute Gasteiger partial charge is 0.395 e. The number of aromatic nitrogens is 3. The molecule has 6 nitrogen and oxygen atoms in total. The monoisotopic (exact) mass is 322 g/mol. The fourth-order valence-corrected chi connectivity index (χ4v) is 2.42. The van der Waals surface area contributed by atoms with Crippen LogP contribution in [0.2, 0.25) is 0 Å². The number of aryl methyl sites for hydroxylation is 1. The van der Waals surface area contributed by atoms with E-state index >= 15 is 0 Å². The van der Waals surface area contributed by atoms with Crippen molar-refractivity contribution in [3.05, 3.63) is 60.7 Å². The molecule has 2 N–H and O–H groups in total. The predicted octanol–water partition coefficient (Wildman–Crippen LogP) is 1.87. The van der Waals surface area contributed by atoms with Crippen LogP contribution in [-0.2, 0) is 7.05 Å². The maximum Gasteiger partial charge on any atom is 0.267 e. The van der Waals surface area contributed by atoms with Gasteiger partial charge in [-0.15, -0.1) is 0 Å². The van der Waals surface area contributed by atoms with Gasteiger partial charge in [0, 0.05) is 48.9 Å². The Morgan fingerprint density at radius 1 is 1.12 bits per heavy atom. The van der Waals surface area contributed by atoms with Gasteiger partial charge in [0.2, 0.25) is 0 Å². The summed E-state index contributed by atoms with van der Waals surface area (Å²) in [4.78, 5) is 20.8. The van der Waals surface area contributed by atoms with E-state index in [2.05, 4.69) is 15.3 Å². The number of aliphatic hydroxyl groups excluding tert-OH is 1. The van der Waals surface area contributed by atoms with Crippen molar-refractivity contribution in [2.45, 2.75) is 0 Å². The van der Waals surface area contributed by atoms with Crippen LogP contribution in [0.1, 0.15) is 10.5 Å². The summed E-state index contributed by atoms with van der Waals surface area (Å²) in [6.07, 6.45) is 5.36. The van der Waals surface area contributed by atoms with Gasteiger partial charge in [-0.3, -0.25) is 4.79 Å². The average molecular weight is 322 g/mol. The lowest BCUT2D eigenvalue weighted by atomic mass is 10.1. The van der Waals surface area contributed by atoms with Crippen LogP contribution >= 0.6 is 0 Å². The maximum absolute atomic E-state index is 12.0. The van der Waals surface area contributed by atoms with Gasteiger partial charge < -0.3 is 15.0 Å². The van der Waals surface area contributed by atoms with Crippen LogP contribution in [0.3, 0.4) is 0 Å². The molecule has 2 heterocycles. The van der Waals surface area contributed by atoms with Gasteiger partial charge in [0.05, 0.1) is 6.61 Å². The zero-order chi connectivity index (χ0) is 16.9. The topological polar surface area (TPSA) is 80.0 Å². The summed E-state index contributed by atoms with van der Waals surface area (Å²) in [6.45, 7) is 0.145. The number of hydrogen-bond acceptors (Lipinski definition) is 4. The molecule has 0 aliphatic heterocycles. The highest BCUT2D eigenvalue weighted by atomic mass is 16.3. The van der Waals surface area contributed by atoms with Crippen LogP contribution in [0.5, 0.6) is 0 Å². The standard InChI is InChI=1S/C18H18N4O2/c1-22-12-14(9-16(22)18(24)19-7-8-23)15-10-20-17(21-11-15)13-5-3-2-4-6-13/h2-6,9-12,23H,7-8H2,1H3,(H,19,24). The van der Waals surface area contributed by atoms with Crippen LogP contribution in [-0.4, -0.2) is 38.7 Å². The molecule has 6 heteroatoms. The second kappa shape index (κ2) is 7.06. The highest BCUT2D eigenvalue weighted by Crippen LogP contribution is 2.22. The summed E-state index contributed by atoms with van der Waals surface area (Å²) in [5, 5.41) is 11.4. The van der Waals surface area contributed by atoms with Crippen molar-refractivity contribution in [2.75, 3.05) is 13.2 Å². The molecule has 24 heavy (non-hydrogen) atoms. The van der Waals surface area contributed by atoms with Gasteiger partial charge in [0.1, 0.15) is 5.69 Å². The number of nitrogens with one attached hydrogen (secondary N) is 1. The minimum Gasteiger partial charge on any atom is -0.395 e. The molecular formula is C18H18N4O2. The molecule has 3 aromatic rings. The first-order valence-electron chi connectivity index (χ1n) is 7.62. The molecular weight excluding hydrogens is 304 g/mol. The molecule has 122 valence electrons. The molecule has 0 fully saturated rings. The first-order valence-corrected chi connectivity index (χ1v) is 7.62. The fraction of sp³-hybridized carbons (Fsp3) is 0.167. The number of nitrogens with zero attached hydrogens (tertiary/aromatic N) is 3. The zero-order valence-corrected chi connectivity index (χ0v) is 13.3. The summed E-state index contributed by atoms with van der Waals surface area (Å²) >= 11 is 0. The van der Waals surface area contributed by atoms with Crippen molar-refractivity contribution in [3.8, 4) is 22.5 Å². The van der Waals surface area contributed by atoms with Gasteiger partial charge in [0.15, 0.2) is 5.82 Å². The van der Waals surface area contributed by atoms with Gasteiger partial charge in [-0.2, -0.15) is 0 Å². The molecule has 0 spiro atoms. The molecule has 1 amide bonds. The Labute approximate surface area is 139 Å². The van der Waals surface area contributed by atoms with E-state index < -0.39 is 0 Å². The number of hydrogen-bond donors (Lipinski definition) is 2. The van der Waals surface area contributed by atoms with E-state index in [1.54, 1.807) is 30.1 Å². The summed E-state index contributed by atoms with van der Waals surface area (Å²) in [7, 11) is 1.80. The smallest absolute Gasteiger partial charge is 0.267 e. The Morgan fingerprint density at radius 2 is 1.83 bits per heavy atom. The molecule has 0 aliphatic rings. The third-order valence-electron chi connectivity index (χ3n) is 3.65. The summed E-state index contributed by atoms with van der Waals surface area (Å²) in [6, 6.07) is 11.5. The molecule has 0 aliphatic carbocycles. The van der Waals surface area contributed by atoms with Crippen molar-refractivity contribution >= 4 is 5.91 Å². The van der Waals surface area contributed by atoms with E-state index in [0.29, 0.717) is 11.5 Å². The van der Waals surface area contributed by atoms with Crippen LogP contribution in [0.25, 0.3) is 22.5 Å². The van der Waals surface area contributed by atoms with Crippen molar-refractivity contribution in [3.63, 3.8) is 0 Å². The van der Waals surface area contributed by atoms with Crippen molar-refractivity contribution < 1.29 is 9.90 Å². The van der Waals surface area contributed by atoms with Crippen LogP contribution < -0.4 is 5.32 Å². The van der Waals surface area contributed by atoms with Gasteiger partial charge in [-0.25, -0.2) is 9.97 Å². The van der Waals surface area contributed by atoms with E-state index in [1.165, 1.54) is 0 Å². The number of rotatable bonds is 5. The number of aliphatic hydroxyl groups is 1. The quantitative estimate of drug-likeness (QED) is 0.751. The molecule has 3 rings (SSSR count). The Morgan fingerprint density at radius 3 is 2.50 bits per heavy atom. The molecule has 0 saturated carbocycles. The molecule has 0 atom stereocenters. The third kappa shape index (κ3) is 3.33. The van der Waals surface area contributed by atoms with Crippen LogP contribution in [0.4, 0.5) is 0 Å². The Hall–Kier alpha value is -2.99. The SMILES string of the molecule is Cn1cc(-c2cnc(-c3ccccc3)nc2)cc1C(=O)NCCO. The van der Waals surface area contributed by atoms with Gasteiger partial charge in [0.25, 0.3) is 5.91 Å². The van der Waals surface area contributed by atoms with Crippen molar-refractivity contribution in [1.29, 1.82) is 0 Å². The summed E-state index contributed by atoms with van der Waals surface area (Å²) < 4.78 is 1.74. The predicted molar refractivity (Wildman–Crippen MR) is 91.3 cm³/mol. The van der Waals surface area contributed by atoms with E-state index in [-0.39, 0.29) is 19.1 Å². The third-order valence-corrected chi connectivity index (χ3v) is 3.65. The molecule has 0 radical (unpaired) electrons. The lowest BCUT2D eigenvalue weighted by molar-refractivity contribution is 0.0936. The Bertz CT molecular complexity index is 826. The van der Waals surface area contributed by atoms with Gasteiger partial charge in [-0.1, -0.05) is 30.3 Å². The average Bonchev–Trinajstić information content (AvgIpc) is 3.02. The number of amides is 1. The molecule has 0 unspecified atom stereocenters. The summed E-state index contributed by atoms with van der Waals surface area (Å²) in [5.41, 5.74) is 3.18. The fourth-order valence-electron chi connectivity index (χ4n) is 2.42. The maximum atomic E-state index is 12.0. The highest BCUT2D eigenvalue weighted by molar-refractivity contribution is 5.94. The molecule has 1 aromatic carbocycles. The second-order valence-electron chi connectivity index (χ2n) is 5.37. The van der Waals surface area contributed by atoms with E-state index in [9.17, 15) is 4.79 Å². The molecule has 0 bridgehead atoms. The first-order chi connectivity index (χ1) is 11.7. The van der Waals surface area contributed by atoms with Crippen molar-refractivity contribution in [1.82, 2.24) is 19.9 Å². The summed E-state index contributed by atoms with van der Waals surface area (Å²) in [5.74, 6) is 0.441. The van der Waals surface area contributed by atoms with Crippen molar-refractivity contribution in [2.24, 2.45) is 7.05 Å². The van der Waals surface area contributed by atoms with E-state index in [1.807, 2.05) is 36.5 Å². The Kier molecular flexibility index (Phi) is 4.67. The lowest BCUT2D eigenvalue weighted by Crippen LogP contribution is -2.27. The second-order valence-corrected chi connectivity index (χ2v) is 5.37. The first kappa shape index (κ1) is 15.9. The zero-order valence-electron chi connectivity index (χ0n) is 13.3. The van der Waals surface area contributed by atoms with E-state index in [0.717, 1.165) is 16.7 Å². The minimum atomic E-state index is -0.223. The van der Waals surface area contributed by atoms with E-state index in [4.69, 9.17) is 5.11 Å². The number of carbonyl (C=O) groups is 1. The van der Waals surface area contributed by atoms with Gasteiger partial charge >= 0.3 is 0 Å². The molecule has 2 aromatic heterocycles. The Balaban J connectivity index is 1.83.